The number of para-hydroxylation sites is 2. The van der Waals surface area contributed by atoms with E-state index >= 15 is 0 Å². The van der Waals surface area contributed by atoms with Crippen LogP contribution in [0.5, 0.6) is 0 Å². The van der Waals surface area contributed by atoms with E-state index in [1.807, 2.05) is 30.3 Å². The van der Waals surface area contributed by atoms with Gasteiger partial charge in [0.05, 0.1) is 17.0 Å². The Balaban J connectivity index is 1.61. The van der Waals surface area contributed by atoms with Crippen LogP contribution in [0, 0.1) is 11.6 Å². The topological polar surface area (TPSA) is 59.8 Å². The van der Waals surface area contributed by atoms with Gasteiger partial charge in [-0.05, 0) is 36.4 Å². The lowest BCUT2D eigenvalue weighted by atomic mass is 10.2. The molecular weight excluding hydrogens is 406 g/mol. The van der Waals surface area contributed by atoms with Crippen molar-refractivity contribution >= 4 is 23.4 Å². The molecule has 0 bridgehead atoms. The summed E-state index contributed by atoms with van der Waals surface area (Å²) in [5.74, 6) is -1.01. The fourth-order valence-electron chi connectivity index (χ4n) is 2.87. The summed E-state index contributed by atoms with van der Waals surface area (Å²) in [6.45, 7) is 0. The van der Waals surface area contributed by atoms with Crippen LogP contribution in [-0.4, -0.2) is 26.4 Å². The summed E-state index contributed by atoms with van der Waals surface area (Å²) < 4.78 is 29.8. The molecule has 0 atom stereocenters. The first kappa shape index (κ1) is 19.8. The fourth-order valence-corrected chi connectivity index (χ4v) is 3.62. The molecule has 0 aliphatic carbocycles. The number of carbonyl (C=O) groups excluding carboxylic acids is 1. The highest BCUT2D eigenvalue weighted by molar-refractivity contribution is 7.99. The number of carbonyl (C=O) groups is 1. The zero-order chi connectivity index (χ0) is 20.9. The van der Waals surface area contributed by atoms with Gasteiger partial charge in [0.15, 0.2) is 11.0 Å². The van der Waals surface area contributed by atoms with Gasteiger partial charge >= 0.3 is 0 Å². The van der Waals surface area contributed by atoms with Gasteiger partial charge < -0.3 is 5.32 Å². The van der Waals surface area contributed by atoms with Crippen LogP contribution in [0.25, 0.3) is 17.1 Å². The number of amides is 1. The summed E-state index contributed by atoms with van der Waals surface area (Å²) in [7, 11) is 0. The van der Waals surface area contributed by atoms with E-state index in [0.717, 1.165) is 17.4 Å². The van der Waals surface area contributed by atoms with Crippen molar-refractivity contribution in [3.05, 3.63) is 90.5 Å². The minimum atomic E-state index is -0.509. The molecule has 0 saturated carbocycles. The number of hydrogen-bond acceptors (Lipinski definition) is 4. The molecule has 0 saturated heterocycles. The number of nitrogens with zero attached hydrogens (tertiary/aromatic N) is 3. The second-order valence-corrected chi connectivity index (χ2v) is 7.22. The van der Waals surface area contributed by atoms with Crippen molar-refractivity contribution in [2.24, 2.45) is 0 Å². The standard InChI is InChI=1S/C22H16F2N4OS/c23-17-11-5-4-10-16(17)21-26-27-22(28(21)15-8-2-1-3-9-15)30-14-20(29)25-19-13-7-6-12-18(19)24/h1-13H,14H2,(H,25,29). The van der Waals surface area contributed by atoms with Crippen LogP contribution in [0.3, 0.4) is 0 Å². The summed E-state index contributed by atoms with van der Waals surface area (Å²) >= 11 is 1.13. The number of anilines is 1. The molecule has 1 aromatic heterocycles. The number of halogens is 2. The predicted molar refractivity (Wildman–Crippen MR) is 113 cm³/mol. The van der Waals surface area contributed by atoms with Gasteiger partial charge in [-0.2, -0.15) is 0 Å². The van der Waals surface area contributed by atoms with E-state index in [-0.39, 0.29) is 17.3 Å². The zero-order valence-electron chi connectivity index (χ0n) is 15.6. The number of aromatic nitrogens is 3. The van der Waals surface area contributed by atoms with Crippen molar-refractivity contribution in [2.45, 2.75) is 5.16 Å². The number of rotatable bonds is 6. The van der Waals surface area contributed by atoms with Gasteiger partial charge in [-0.15, -0.1) is 10.2 Å². The van der Waals surface area contributed by atoms with Gasteiger partial charge in [0.1, 0.15) is 11.6 Å². The number of hydrogen-bond donors (Lipinski definition) is 1. The average molecular weight is 422 g/mol. The van der Waals surface area contributed by atoms with Crippen LogP contribution in [0.1, 0.15) is 0 Å². The SMILES string of the molecule is O=C(CSc1nnc(-c2ccccc2F)n1-c1ccccc1)Nc1ccccc1F. The summed E-state index contributed by atoms with van der Waals surface area (Å²) in [5, 5.41) is 11.3. The minimum Gasteiger partial charge on any atom is -0.323 e. The van der Waals surface area contributed by atoms with E-state index in [1.165, 1.54) is 18.2 Å². The van der Waals surface area contributed by atoms with E-state index in [0.29, 0.717) is 16.5 Å². The Hall–Kier alpha value is -3.52. The third-order valence-corrected chi connectivity index (χ3v) is 5.17. The molecule has 1 N–H and O–H groups in total. The van der Waals surface area contributed by atoms with E-state index in [9.17, 15) is 13.6 Å². The third-order valence-electron chi connectivity index (χ3n) is 4.24. The Morgan fingerprint density at radius 2 is 1.53 bits per heavy atom. The molecule has 1 amide bonds. The maximum Gasteiger partial charge on any atom is 0.234 e. The van der Waals surface area contributed by atoms with Crippen LogP contribution >= 0.6 is 11.8 Å². The number of thioether (sulfide) groups is 1. The van der Waals surface area contributed by atoms with Crippen molar-refractivity contribution < 1.29 is 13.6 Å². The average Bonchev–Trinajstić information content (AvgIpc) is 3.18. The van der Waals surface area contributed by atoms with Gasteiger partial charge in [-0.1, -0.05) is 54.2 Å². The Morgan fingerprint density at radius 3 is 2.27 bits per heavy atom. The molecule has 0 spiro atoms. The lowest BCUT2D eigenvalue weighted by molar-refractivity contribution is -0.113. The van der Waals surface area contributed by atoms with Gasteiger partial charge in [0, 0.05) is 5.69 Å². The second kappa shape index (κ2) is 8.87. The van der Waals surface area contributed by atoms with Crippen molar-refractivity contribution in [1.82, 2.24) is 14.8 Å². The molecule has 0 radical (unpaired) electrons. The summed E-state index contributed by atoms with van der Waals surface area (Å²) in [5.41, 5.74) is 1.15. The van der Waals surface area contributed by atoms with E-state index in [4.69, 9.17) is 0 Å². The summed E-state index contributed by atoms with van der Waals surface area (Å²) in [4.78, 5) is 12.3. The van der Waals surface area contributed by atoms with E-state index in [2.05, 4.69) is 15.5 Å². The first-order valence-corrected chi connectivity index (χ1v) is 10.0. The molecular formula is C22H16F2N4OS. The van der Waals surface area contributed by atoms with Crippen LogP contribution in [0.2, 0.25) is 0 Å². The molecule has 30 heavy (non-hydrogen) atoms. The smallest absolute Gasteiger partial charge is 0.234 e. The van der Waals surface area contributed by atoms with Crippen LogP contribution in [-0.2, 0) is 4.79 Å². The Kier molecular flexibility index (Phi) is 5.85. The highest BCUT2D eigenvalue weighted by atomic mass is 32.2. The molecule has 0 aliphatic heterocycles. The van der Waals surface area contributed by atoms with E-state index < -0.39 is 11.6 Å². The quantitative estimate of drug-likeness (QED) is 0.447. The number of benzene rings is 3. The zero-order valence-corrected chi connectivity index (χ0v) is 16.4. The first-order chi connectivity index (χ1) is 14.6. The maximum absolute atomic E-state index is 14.4. The van der Waals surface area contributed by atoms with Crippen LogP contribution in [0.4, 0.5) is 14.5 Å². The molecule has 0 aliphatic rings. The molecule has 4 rings (SSSR count). The van der Waals surface area contributed by atoms with E-state index in [1.54, 1.807) is 34.9 Å². The van der Waals surface area contributed by atoms with Crippen molar-refractivity contribution in [1.29, 1.82) is 0 Å². The Labute approximate surface area is 175 Å². The van der Waals surface area contributed by atoms with Gasteiger partial charge in [0.25, 0.3) is 0 Å². The minimum absolute atomic E-state index is 0.0173. The van der Waals surface area contributed by atoms with Crippen molar-refractivity contribution in [2.75, 3.05) is 11.1 Å². The Morgan fingerprint density at radius 1 is 0.867 bits per heavy atom. The molecule has 0 fully saturated rings. The van der Waals surface area contributed by atoms with Crippen molar-refractivity contribution in [3.8, 4) is 17.1 Å². The summed E-state index contributed by atoms with van der Waals surface area (Å²) in [6, 6.07) is 21.5. The van der Waals surface area contributed by atoms with Crippen molar-refractivity contribution in [3.63, 3.8) is 0 Å². The molecule has 3 aromatic carbocycles. The molecule has 1 heterocycles. The number of nitrogens with one attached hydrogen (secondary N) is 1. The van der Waals surface area contributed by atoms with Gasteiger partial charge in [0.2, 0.25) is 5.91 Å². The van der Waals surface area contributed by atoms with Crippen LogP contribution < -0.4 is 5.32 Å². The molecule has 4 aromatic rings. The second-order valence-electron chi connectivity index (χ2n) is 6.27. The highest BCUT2D eigenvalue weighted by Crippen LogP contribution is 2.29. The van der Waals surface area contributed by atoms with Gasteiger partial charge in [-0.3, -0.25) is 9.36 Å². The third kappa shape index (κ3) is 4.23. The lowest BCUT2D eigenvalue weighted by Gasteiger charge is -2.11. The molecule has 0 unspecified atom stereocenters. The lowest BCUT2D eigenvalue weighted by Crippen LogP contribution is -2.15. The molecule has 5 nitrogen and oxygen atoms in total. The highest BCUT2D eigenvalue weighted by Gasteiger charge is 2.19. The monoisotopic (exact) mass is 422 g/mol. The Bertz CT molecular complexity index is 1180. The normalized spacial score (nSPS) is 10.7. The largest absolute Gasteiger partial charge is 0.323 e. The molecule has 8 heteroatoms. The maximum atomic E-state index is 14.4. The first-order valence-electron chi connectivity index (χ1n) is 9.06. The fraction of sp³-hybridized carbons (Fsp3) is 0.0455. The molecule has 150 valence electrons. The van der Waals surface area contributed by atoms with Crippen LogP contribution in [0.15, 0.2) is 84.0 Å². The predicted octanol–water partition coefficient (Wildman–Crippen LogP) is 4.94. The van der Waals surface area contributed by atoms with Gasteiger partial charge in [-0.25, -0.2) is 8.78 Å². The summed E-state index contributed by atoms with van der Waals surface area (Å²) in [6.07, 6.45) is 0.